The lowest BCUT2D eigenvalue weighted by Gasteiger charge is -2.26. The first-order chi connectivity index (χ1) is 21.5. The minimum absolute atomic E-state index is 0.168. The molecule has 6 heteroatoms. The molecule has 4 aliphatic carbocycles. The van der Waals surface area contributed by atoms with Crippen LogP contribution in [0.5, 0.6) is 0 Å². The largest absolute Gasteiger partial charge is 0.478 e. The van der Waals surface area contributed by atoms with Gasteiger partial charge in [0, 0.05) is 6.54 Å². The lowest BCUT2D eigenvalue weighted by Crippen LogP contribution is -2.16. The van der Waals surface area contributed by atoms with Gasteiger partial charge in [-0.25, -0.2) is 4.79 Å². The Bertz CT molecular complexity index is 1410. The van der Waals surface area contributed by atoms with Crippen molar-refractivity contribution in [3.8, 4) is 0 Å². The molecule has 44 heavy (non-hydrogen) atoms. The third-order valence-corrected chi connectivity index (χ3v) is 9.93. The van der Waals surface area contributed by atoms with Gasteiger partial charge in [0.1, 0.15) is 0 Å². The molecule has 2 atom stereocenters. The normalized spacial score (nSPS) is 21.0. The Morgan fingerprint density at radius 3 is 2.68 bits per heavy atom. The first kappa shape index (κ1) is 31.7. The average Bonchev–Trinajstić information content (AvgIpc) is 3.79. The predicted octanol–water partition coefficient (Wildman–Crippen LogP) is 7.84. The number of hydrogen-bond donors (Lipinski definition) is 3. The zero-order chi connectivity index (χ0) is 30.9. The number of carbonyl (C=O) groups excluding carboxylic acids is 1. The number of allylic oxidation sites excluding steroid dienone is 8. The first-order valence-electron chi connectivity index (χ1n) is 16.8. The fraction of sp³-hybridized carbons (Fsp3) is 0.500. The molecule has 0 aromatic heterocycles. The second-order valence-corrected chi connectivity index (χ2v) is 12.9. The van der Waals surface area contributed by atoms with E-state index in [9.17, 15) is 14.7 Å². The van der Waals surface area contributed by atoms with Gasteiger partial charge in [-0.05, 0) is 140 Å². The first-order valence-corrected chi connectivity index (χ1v) is 16.8. The third kappa shape index (κ3) is 8.08. The number of rotatable bonds is 16. The summed E-state index contributed by atoms with van der Waals surface area (Å²) in [4.78, 5) is 22.2. The summed E-state index contributed by atoms with van der Waals surface area (Å²) >= 11 is 0. The number of aliphatic carboxylic acids is 1. The van der Waals surface area contributed by atoms with Gasteiger partial charge >= 0.3 is 5.97 Å². The quantitative estimate of drug-likeness (QED) is 0.0597. The van der Waals surface area contributed by atoms with Crippen molar-refractivity contribution in [3.05, 3.63) is 92.8 Å². The van der Waals surface area contributed by atoms with E-state index in [1.54, 1.807) is 24.1 Å². The van der Waals surface area contributed by atoms with Crippen molar-refractivity contribution in [2.75, 3.05) is 6.54 Å². The molecular formula is C38H49N3O3. The topological polar surface area (TPSA) is 90.8 Å². The van der Waals surface area contributed by atoms with Crippen molar-refractivity contribution in [2.45, 2.75) is 103 Å². The zero-order valence-corrected chi connectivity index (χ0v) is 26.5. The van der Waals surface area contributed by atoms with Crippen molar-refractivity contribution in [1.29, 1.82) is 0 Å². The highest BCUT2D eigenvalue weighted by Gasteiger charge is 2.32. The van der Waals surface area contributed by atoms with E-state index in [0.29, 0.717) is 11.8 Å². The summed E-state index contributed by atoms with van der Waals surface area (Å²) in [5, 5.41) is 16.3. The van der Waals surface area contributed by atoms with Crippen molar-refractivity contribution in [2.24, 2.45) is 16.9 Å². The molecule has 0 bridgehead atoms. The minimum Gasteiger partial charge on any atom is -0.478 e. The lowest BCUT2D eigenvalue weighted by molar-refractivity contribution is -0.132. The number of nitrogens with one attached hydrogen (secondary N) is 2. The van der Waals surface area contributed by atoms with Gasteiger partial charge in [0.15, 0.2) is 0 Å². The molecular weight excluding hydrogens is 546 g/mol. The second kappa shape index (κ2) is 15.4. The molecule has 4 aliphatic rings. The molecule has 0 heterocycles. The molecule has 0 aliphatic heterocycles. The summed E-state index contributed by atoms with van der Waals surface area (Å²) < 4.78 is 0. The fourth-order valence-electron chi connectivity index (χ4n) is 7.42. The summed E-state index contributed by atoms with van der Waals surface area (Å²) in [6, 6.07) is 7.27. The SMILES string of the molecule is C/C=C(/C=N\NC1=CCCC(C2=C3C(=CCC2)CCC3Cc2ccc(C(CCNC=O)CCC3CC3)c(CC)c2)=C1)C(=O)O. The highest BCUT2D eigenvalue weighted by molar-refractivity contribution is 6.08. The number of hydrazone groups is 1. The number of carbonyl (C=O) groups is 2. The number of carboxylic acid groups (broad SMARTS) is 1. The van der Waals surface area contributed by atoms with E-state index in [0.717, 1.165) is 75.9 Å². The van der Waals surface area contributed by atoms with Crippen LogP contribution in [0.4, 0.5) is 0 Å². The molecule has 0 saturated heterocycles. The maximum absolute atomic E-state index is 11.3. The van der Waals surface area contributed by atoms with Crippen molar-refractivity contribution in [1.82, 2.24) is 10.7 Å². The monoisotopic (exact) mass is 595 g/mol. The number of benzene rings is 1. The maximum atomic E-state index is 11.3. The molecule has 2 saturated carbocycles. The average molecular weight is 596 g/mol. The number of carboxylic acids is 1. The summed E-state index contributed by atoms with van der Waals surface area (Å²) in [6.45, 7) is 4.72. The van der Waals surface area contributed by atoms with E-state index < -0.39 is 5.97 Å². The summed E-state index contributed by atoms with van der Waals surface area (Å²) in [6.07, 6.45) is 25.5. The van der Waals surface area contributed by atoms with Gasteiger partial charge < -0.3 is 10.4 Å². The highest BCUT2D eigenvalue weighted by Crippen LogP contribution is 2.47. The van der Waals surface area contributed by atoms with Gasteiger partial charge in [-0.15, -0.1) is 0 Å². The van der Waals surface area contributed by atoms with E-state index in [2.05, 4.69) is 59.2 Å². The molecule has 1 aromatic carbocycles. The molecule has 234 valence electrons. The minimum atomic E-state index is -0.978. The molecule has 2 fully saturated rings. The van der Waals surface area contributed by atoms with Crippen LogP contribution in [-0.4, -0.2) is 30.2 Å². The van der Waals surface area contributed by atoms with E-state index in [-0.39, 0.29) is 5.57 Å². The third-order valence-electron chi connectivity index (χ3n) is 9.93. The number of aryl methyl sites for hydroxylation is 1. The van der Waals surface area contributed by atoms with Gasteiger partial charge in [0.25, 0.3) is 0 Å². The summed E-state index contributed by atoms with van der Waals surface area (Å²) in [7, 11) is 0. The predicted molar refractivity (Wildman–Crippen MR) is 178 cm³/mol. The molecule has 1 aromatic rings. The van der Waals surface area contributed by atoms with Crippen molar-refractivity contribution >= 4 is 18.6 Å². The number of fused-ring (bicyclic) bond motifs is 1. The molecule has 0 spiro atoms. The fourth-order valence-corrected chi connectivity index (χ4v) is 7.42. The van der Waals surface area contributed by atoms with Crippen LogP contribution >= 0.6 is 0 Å². The van der Waals surface area contributed by atoms with E-state index in [4.69, 9.17) is 0 Å². The van der Waals surface area contributed by atoms with Gasteiger partial charge in [0.05, 0.1) is 17.5 Å². The number of hydrogen-bond acceptors (Lipinski definition) is 4. The Morgan fingerprint density at radius 1 is 1.09 bits per heavy atom. The molecule has 6 nitrogen and oxygen atoms in total. The van der Waals surface area contributed by atoms with Gasteiger partial charge in [-0.3, -0.25) is 10.2 Å². The Morgan fingerprint density at radius 2 is 1.93 bits per heavy atom. The molecule has 5 rings (SSSR count). The smallest absolute Gasteiger partial charge is 0.336 e. The Hall–Kier alpha value is -3.67. The molecule has 1 amide bonds. The standard InChI is InChI=1S/C38H49N3O3/c1-3-28-21-27(14-18-35(28)30(19-20-39-25-42)15-13-26-11-12-26)22-33-17-16-31-7-6-10-36(37(31)33)32-8-5-9-34(23-32)41-40-24-29(4-2)38(43)44/h4,7,9,14,18,21,23-26,30,33,41H,3,5-6,8,10-13,15-17,19-20,22H2,1-2H3,(H,39,42)(H,43,44)/b29-4-,40-24-. The van der Waals surface area contributed by atoms with E-state index >= 15 is 0 Å². The summed E-state index contributed by atoms with van der Waals surface area (Å²) in [5.74, 6) is 0.978. The van der Waals surface area contributed by atoms with Crippen molar-refractivity contribution in [3.63, 3.8) is 0 Å². The highest BCUT2D eigenvalue weighted by atomic mass is 16.4. The van der Waals surface area contributed by atoms with Gasteiger partial charge in [-0.2, -0.15) is 5.10 Å². The van der Waals surface area contributed by atoms with Gasteiger partial charge in [0.2, 0.25) is 6.41 Å². The van der Waals surface area contributed by atoms with Crippen LogP contribution in [0.2, 0.25) is 0 Å². The van der Waals surface area contributed by atoms with Crippen LogP contribution in [0, 0.1) is 11.8 Å². The Kier molecular flexibility index (Phi) is 11.1. The molecule has 3 N–H and O–H groups in total. The van der Waals surface area contributed by atoms with Crippen LogP contribution in [0.25, 0.3) is 0 Å². The van der Waals surface area contributed by atoms with Crippen molar-refractivity contribution < 1.29 is 14.7 Å². The van der Waals surface area contributed by atoms with E-state index in [1.165, 1.54) is 66.2 Å². The Labute approximate surface area is 263 Å². The number of amides is 1. The zero-order valence-electron chi connectivity index (χ0n) is 26.5. The van der Waals surface area contributed by atoms with Crippen LogP contribution in [0.1, 0.15) is 107 Å². The maximum Gasteiger partial charge on any atom is 0.336 e. The van der Waals surface area contributed by atoms with Crippen LogP contribution in [0.15, 0.2) is 81.2 Å². The van der Waals surface area contributed by atoms with Crippen LogP contribution in [0.3, 0.4) is 0 Å². The summed E-state index contributed by atoms with van der Waals surface area (Å²) in [5.41, 5.74) is 14.6. The molecule has 0 radical (unpaired) electrons. The second-order valence-electron chi connectivity index (χ2n) is 12.9. The van der Waals surface area contributed by atoms with Crippen LogP contribution < -0.4 is 10.7 Å². The van der Waals surface area contributed by atoms with Gasteiger partial charge in [-0.1, -0.05) is 56.2 Å². The van der Waals surface area contributed by atoms with Crippen LogP contribution in [-0.2, 0) is 22.4 Å². The number of nitrogens with zero attached hydrogens (tertiary/aromatic N) is 1. The molecule has 2 unspecified atom stereocenters. The Balaban J connectivity index is 1.33. The lowest BCUT2D eigenvalue weighted by atomic mass is 9.79. The van der Waals surface area contributed by atoms with E-state index in [1.807, 2.05) is 0 Å².